The zero-order chi connectivity index (χ0) is 19.6. The zero-order valence-electron chi connectivity index (χ0n) is 15.7. The number of aromatic nitrogens is 3. The maximum atomic E-state index is 13.1. The third-order valence-electron chi connectivity index (χ3n) is 5.09. The number of para-hydroxylation sites is 1. The Morgan fingerprint density at radius 3 is 2.55 bits per heavy atom. The fraction of sp³-hybridized carbons (Fsp3) is 0.227. The molecule has 0 spiro atoms. The van der Waals surface area contributed by atoms with Crippen LogP contribution in [0.3, 0.4) is 0 Å². The summed E-state index contributed by atoms with van der Waals surface area (Å²) in [5.41, 5.74) is 1.09. The molecule has 1 aliphatic rings. The first-order valence-electron chi connectivity index (χ1n) is 9.61. The van der Waals surface area contributed by atoms with Crippen molar-refractivity contribution >= 4 is 27.5 Å². The van der Waals surface area contributed by atoms with Gasteiger partial charge in [-0.3, -0.25) is 0 Å². The maximum absolute atomic E-state index is 13.1. The molecule has 0 radical (unpaired) electrons. The molecule has 5 rings (SSSR count). The molecule has 3 heterocycles. The number of rotatable bonds is 4. The zero-order valence-corrected chi connectivity index (χ0v) is 16.5. The van der Waals surface area contributed by atoms with E-state index in [4.69, 9.17) is 9.72 Å². The van der Waals surface area contributed by atoms with Crippen molar-refractivity contribution in [3.8, 4) is 11.6 Å². The van der Waals surface area contributed by atoms with Gasteiger partial charge in [-0.15, -0.1) is 11.3 Å². The number of nitrogens with zero attached hydrogens (tertiary/aromatic N) is 4. The Morgan fingerprint density at radius 1 is 0.966 bits per heavy atom. The molecule has 146 valence electrons. The third kappa shape index (κ3) is 3.91. The number of fused-ring (bicyclic) bond motifs is 1. The first-order chi connectivity index (χ1) is 14.2. The minimum atomic E-state index is -0.295. The molecule has 2 aromatic heterocycles. The molecule has 4 aromatic rings. The molecule has 1 fully saturated rings. The van der Waals surface area contributed by atoms with E-state index < -0.39 is 0 Å². The van der Waals surface area contributed by atoms with Gasteiger partial charge in [0, 0.05) is 31.3 Å². The van der Waals surface area contributed by atoms with Crippen LogP contribution in [-0.4, -0.2) is 28.0 Å². The first-order valence-corrected chi connectivity index (χ1v) is 10.4. The van der Waals surface area contributed by atoms with Crippen molar-refractivity contribution in [1.29, 1.82) is 0 Å². The number of benzene rings is 2. The summed E-state index contributed by atoms with van der Waals surface area (Å²) in [5, 5.41) is 1.22. The van der Waals surface area contributed by atoms with Crippen molar-refractivity contribution < 1.29 is 9.13 Å². The Bertz CT molecular complexity index is 1090. The van der Waals surface area contributed by atoms with Gasteiger partial charge < -0.3 is 9.64 Å². The lowest BCUT2D eigenvalue weighted by molar-refractivity contribution is 0.454. The Balaban J connectivity index is 1.26. The van der Waals surface area contributed by atoms with Crippen molar-refractivity contribution in [2.75, 3.05) is 18.0 Å². The molecule has 0 atom stereocenters. The van der Waals surface area contributed by atoms with Gasteiger partial charge in [0.2, 0.25) is 11.8 Å². The van der Waals surface area contributed by atoms with Crippen LogP contribution in [0.4, 0.5) is 10.3 Å². The molecule has 0 bridgehead atoms. The van der Waals surface area contributed by atoms with Crippen molar-refractivity contribution in [2.24, 2.45) is 0 Å². The Hall–Kier alpha value is -3.06. The third-order valence-corrected chi connectivity index (χ3v) is 6.29. The first kappa shape index (κ1) is 18.0. The Labute approximate surface area is 171 Å². The van der Waals surface area contributed by atoms with E-state index in [0.29, 0.717) is 23.5 Å². The van der Waals surface area contributed by atoms with Gasteiger partial charge in [0.15, 0.2) is 0 Å². The average Bonchev–Trinajstić information content (AvgIpc) is 3.20. The second-order valence-corrected chi connectivity index (χ2v) is 8.09. The normalized spacial score (nSPS) is 15.0. The van der Waals surface area contributed by atoms with Crippen LogP contribution >= 0.6 is 11.3 Å². The summed E-state index contributed by atoms with van der Waals surface area (Å²) >= 11 is 1.80. The summed E-state index contributed by atoms with van der Waals surface area (Å²) in [7, 11) is 0. The number of hydrogen-bond donors (Lipinski definition) is 0. The van der Waals surface area contributed by atoms with E-state index in [1.54, 1.807) is 35.7 Å². The largest absolute Gasteiger partial charge is 0.439 e. The molecule has 1 saturated heterocycles. The minimum Gasteiger partial charge on any atom is -0.439 e. The van der Waals surface area contributed by atoms with E-state index in [1.165, 1.54) is 21.8 Å². The molecule has 7 heteroatoms. The molecule has 1 aliphatic heterocycles. The molecular formula is C22H19FN4OS. The van der Waals surface area contributed by atoms with Gasteiger partial charge in [0.1, 0.15) is 11.6 Å². The summed E-state index contributed by atoms with van der Waals surface area (Å²) < 4.78 is 20.0. The SMILES string of the molecule is Fc1ccc(Oc2ccnc(N3CCC(c4nc5ccccc5s4)CC3)n2)cc1. The van der Waals surface area contributed by atoms with Gasteiger partial charge in [0.05, 0.1) is 15.2 Å². The van der Waals surface area contributed by atoms with Gasteiger partial charge in [0.25, 0.3) is 0 Å². The summed E-state index contributed by atoms with van der Waals surface area (Å²) in [6, 6.07) is 15.9. The van der Waals surface area contributed by atoms with Crippen LogP contribution in [0, 0.1) is 5.82 Å². The highest BCUT2D eigenvalue weighted by Gasteiger charge is 2.24. The molecule has 0 amide bonds. The van der Waals surface area contributed by atoms with Crippen LogP contribution in [0.15, 0.2) is 60.8 Å². The van der Waals surface area contributed by atoms with Crippen LogP contribution in [0.2, 0.25) is 0 Å². The number of piperidine rings is 1. The van der Waals surface area contributed by atoms with Crippen LogP contribution in [0.25, 0.3) is 10.2 Å². The molecule has 5 nitrogen and oxygen atoms in total. The number of hydrogen-bond acceptors (Lipinski definition) is 6. The maximum Gasteiger partial charge on any atom is 0.228 e. The smallest absolute Gasteiger partial charge is 0.228 e. The van der Waals surface area contributed by atoms with Crippen LogP contribution in [0.1, 0.15) is 23.8 Å². The number of halogens is 1. The fourth-order valence-corrected chi connectivity index (χ4v) is 4.69. The van der Waals surface area contributed by atoms with E-state index in [9.17, 15) is 4.39 Å². The molecular weight excluding hydrogens is 387 g/mol. The molecule has 0 unspecified atom stereocenters. The Kier molecular flexibility index (Phi) is 4.81. The van der Waals surface area contributed by atoms with Gasteiger partial charge in [-0.25, -0.2) is 14.4 Å². The van der Waals surface area contributed by atoms with Gasteiger partial charge in [-0.05, 0) is 49.2 Å². The highest BCUT2D eigenvalue weighted by molar-refractivity contribution is 7.18. The van der Waals surface area contributed by atoms with E-state index in [-0.39, 0.29) is 5.82 Å². The van der Waals surface area contributed by atoms with Crippen molar-refractivity contribution in [1.82, 2.24) is 15.0 Å². The predicted molar refractivity (Wildman–Crippen MR) is 112 cm³/mol. The lowest BCUT2D eigenvalue weighted by atomic mass is 9.98. The van der Waals surface area contributed by atoms with E-state index >= 15 is 0 Å². The van der Waals surface area contributed by atoms with Crippen LogP contribution < -0.4 is 9.64 Å². The van der Waals surface area contributed by atoms with Gasteiger partial charge in [-0.1, -0.05) is 12.1 Å². The van der Waals surface area contributed by atoms with E-state index in [2.05, 4.69) is 33.1 Å². The second kappa shape index (κ2) is 7.75. The number of ether oxygens (including phenoxy) is 1. The minimum absolute atomic E-state index is 0.295. The molecule has 0 aliphatic carbocycles. The van der Waals surface area contributed by atoms with Crippen LogP contribution in [0.5, 0.6) is 11.6 Å². The van der Waals surface area contributed by atoms with E-state index in [0.717, 1.165) is 31.4 Å². The topological polar surface area (TPSA) is 51.1 Å². The number of anilines is 1. The molecule has 29 heavy (non-hydrogen) atoms. The summed E-state index contributed by atoms with van der Waals surface area (Å²) in [5.74, 6) is 1.84. The summed E-state index contributed by atoms with van der Waals surface area (Å²) in [6.45, 7) is 1.75. The van der Waals surface area contributed by atoms with Crippen molar-refractivity contribution in [3.05, 3.63) is 71.6 Å². The highest BCUT2D eigenvalue weighted by atomic mass is 32.1. The quantitative estimate of drug-likeness (QED) is 0.454. The van der Waals surface area contributed by atoms with Crippen LogP contribution in [-0.2, 0) is 0 Å². The van der Waals surface area contributed by atoms with Gasteiger partial charge in [-0.2, -0.15) is 4.98 Å². The summed E-state index contributed by atoms with van der Waals surface area (Å²) in [6.07, 6.45) is 3.74. The fourth-order valence-electron chi connectivity index (χ4n) is 3.56. The molecule has 2 aromatic carbocycles. The lowest BCUT2D eigenvalue weighted by Crippen LogP contribution is -2.34. The average molecular weight is 406 g/mol. The Morgan fingerprint density at radius 2 is 1.76 bits per heavy atom. The monoisotopic (exact) mass is 406 g/mol. The lowest BCUT2D eigenvalue weighted by Gasteiger charge is -2.31. The highest BCUT2D eigenvalue weighted by Crippen LogP contribution is 2.34. The standard InChI is InChI=1S/C22H19FN4OS/c23-16-5-7-17(8-6-16)28-20-9-12-24-22(26-20)27-13-10-15(11-14-27)21-25-18-3-1-2-4-19(18)29-21/h1-9,12,15H,10-11,13-14H2. The second-order valence-electron chi connectivity index (χ2n) is 7.03. The number of thiazole rings is 1. The summed E-state index contributed by atoms with van der Waals surface area (Å²) in [4.78, 5) is 16.0. The van der Waals surface area contributed by atoms with E-state index in [1.807, 2.05) is 6.07 Å². The predicted octanol–water partition coefficient (Wildman–Crippen LogP) is 5.40. The molecule has 0 N–H and O–H groups in total. The molecule has 0 saturated carbocycles. The van der Waals surface area contributed by atoms with Gasteiger partial charge >= 0.3 is 0 Å². The van der Waals surface area contributed by atoms with Crippen molar-refractivity contribution in [2.45, 2.75) is 18.8 Å². The van der Waals surface area contributed by atoms with Crippen molar-refractivity contribution in [3.63, 3.8) is 0 Å².